The van der Waals surface area contributed by atoms with Crippen LogP contribution in [-0.4, -0.2) is 14.3 Å². The lowest BCUT2D eigenvalue weighted by Gasteiger charge is -2.12. The Hall–Kier alpha value is -2.40. The molecule has 108 valence electrons. The van der Waals surface area contributed by atoms with E-state index in [1.165, 1.54) is 0 Å². The zero-order valence-corrected chi connectivity index (χ0v) is 12.2. The third kappa shape index (κ3) is 2.36. The molecule has 0 amide bonds. The number of fused-ring (bicyclic) bond motifs is 1. The molecule has 5 nitrogen and oxygen atoms in total. The van der Waals surface area contributed by atoms with Gasteiger partial charge in [0.05, 0.1) is 23.4 Å². The minimum absolute atomic E-state index is 0.0324. The number of benzene rings is 1. The average Bonchev–Trinajstić information content (AvgIpc) is 2.79. The second-order valence-corrected chi connectivity index (χ2v) is 5.22. The van der Waals surface area contributed by atoms with Crippen LogP contribution in [0.4, 0.5) is 0 Å². The summed E-state index contributed by atoms with van der Waals surface area (Å²) in [5.74, 6) is 0. The zero-order valence-electron chi connectivity index (χ0n) is 12.2. The molecule has 0 atom stereocenters. The van der Waals surface area contributed by atoms with Crippen molar-refractivity contribution in [1.29, 1.82) is 0 Å². The summed E-state index contributed by atoms with van der Waals surface area (Å²) in [7, 11) is 1.89. The van der Waals surface area contributed by atoms with Crippen LogP contribution in [0.25, 0.3) is 10.9 Å². The second kappa shape index (κ2) is 5.18. The number of hydrogen-bond acceptors (Lipinski definition) is 3. The number of para-hydroxylation sites is 1. The first-order valence-corrected chi connectivity index (χ1v) is 6.91. The van der Waals surface area contributed by atoms with Gasteiger partial charge in [-0.15, -0.1) is 0 Å². The molecule has 1 aromatic carbocycles. The first-order chi connectivity index (χ1) is 10.1. The van der Waals surface area contributed by atoms with Crippen molar-refractivity contribution in [1.82, 2.24) is 14.3 Å². The summed E-state index contributed by atoms with van der Waals surface area (Å²) in [5.41, 5.74) is 9.16. The van der Waals surface area contributed by atoms with Crippen molar-refractivity contribution in [3.63, 3.8) is 0 Å². The number of aryl methyl sites for hydroxylation is 2. The fourth-order valence-electron chi connectivity index (χ4n) is 2.67. The number of nitrogens with two attached hydrogens (primary N) is 1. The highest BCUT2D eigenvalue weighted by molar-refractivity contribution is 5.79. The van der Waals surface area contributed by atoms with E-state index in [1.807, 2.05) is 55.1 Å². The molecule has 0 bridgehead atoms. The van der Waals surface area contributed by atoms with Gasteiger partial charge in [-0.1, -0.05) is 18.2 Å². The highest BCUT2D eigenvalue weighted by Crippen LogP contribution is 2.15. The third-order valence-electron chi connectivity index (χ3n) is 3.72. The fraction of sp³-hybridized carbons (Fsp3) is 0.250. The molecule has 2 N–H and O–H groups in total. The molecule has 3 aromatic rings. The summed E-state index contributed by atoms with van der Waals surface area (Å²) < 4.78 is 3.58. The maximum absolute atomic E-state index is 12.6. The van der Waals surface area contributed by atoms with Gasteiger partial charge in [-0.3, -0.25) is 9.48 Å². The number of rotatable bonds is 3. The molecule has 2 aromatic heterocycles. The Balaban J connectivity index is 2.23. The summed E-state index contributed by atoms with van der Waals surface area (Å²) in [5, 5.41) is 5.36. The van der Waals surface area contributed by atoms with Crippen molar-refractivity contribution in [3.8, 4) is 0 Å². The number of pyridine rings is 1. The maximum Gasteiger partial charge on any atom is 0.255 e. The Bertz CT molecular complexity index is 860. The lowest BCUT2D eigenvalue weighted by atomic mass is 10.1. The Labute approximate surface area is 122 Å². The van der Waals surface area contributed by atoms with Gasteiger partial charge in [-0.2, -0.15) is 5.10 Å². The van der Waals surface area contributed by atoms with Crippen LogP contribution in [0.5, 0.6) is 0 Å². The van der Waals surface area contributed by atoms with E-state index in [9.17, 15) is 4.79 Å². The number of aromatic nitrogens is 3. The highest BCUT2D eigenvalue weighted by atomic mass is 16.1. The molecular weight excluding hydrogens is 264 g/mol. The Morgan fingerprint density at radius 3 is 2.67 bits per heavy atom. The summed E-state index contributed by atoms with van der Waals surface area (Å²) >= 11 is 0. The van der Waals surface area contributed by atoms with Crippen molar-refractivity contribution < 1.29 is 0 Å². The van der Waals surface area contributed by atoms with E-state index in [0.717, 1.165) is 22.3 Å². The van der Waals surface area contributed by atoms with E-state index < -0.39 is 0 Å². The molecule has 0 unspecified atom stereocenters. The predicted molar refractivity (Wildman–Crippen MR) is 83.1 cm³/mol. The van der Waals surface area contributed by atoms with E-state index in [1.54, 1.807) is 4.57 Å². The van der Waals surface area contributed by atoms with Crippen molar-refractivity contribution in [3.05, 3.63) is 63.7 Å². The Morgan fingerprint density at radius 2 is 2.00 bits per heavy atom. The van der Waals surface area contributed by atoms with E-state index in [2.05, 4.69) is 5.10 Å². The van der Waals surface area contributed by atoms with Gasteiger partial charge in [-0.25, -0.2) is 0 Å². The normalized spacial score (nSPS) is 11.2. The monoisotopic (exact) mass is 282 g/mol. The highest BCUT2D eigenvalue weighted by Gasteiger charge is 2.10. The molecule has 0 aliphatic heterocycles. The average molecular weight is 282 g/mol. The first kappa shape index (κ1) is 13.6. The summed E-state index contributed by atoms with van der Waals surface area (Å²) in [6.07, 6.45) is 0. The zero-order chi connectivity index (χ0) is 15.0. The van der Waals surface area contributed by atoms with Crippen LogP contribution < -0.4 is 11.3 Å². The molecule has 0 spiro atoms. The number of nitrogens with zero attached hydrogens (tertiary/aromatic N) is 3. The van der Waals surface area contributed by atoms with Crippen LogP contribution >= 0.6 is 0 Å². The molecule has 0 saturated heterocycles. The summed E-state index contributed by atoms with van der Waals surface area (Å²) in [6.45, 7) is 2.68. The van der Waals surface area contributed by atoms with Gasteiger partial charge in [0, 0.05) is 19.2 Å². The molecule has 5 heteroatoms. The molecule has 0 radical (unpaired) electrons. The van der Waals surface area contributed by atoms with Crippen molar-refractivity contribution in [2.24, 2.45) is 12.8 Å². The predicted octanol–water partition coefficient (Wildman–Crippen LogP) is 1.55. The van der Waals surface area contributed by atoms with E-state index in [4.69, 9.17) is 5.73 Å². The smallest absolute Gasteiger partial charge is 0.255 e. The van der Waals surface area contributed by atoms with Gasteiger partial charge in [0.25, 0.3) is 5.56 Å². The largest absolute Gasteiger partial charge is 0.326 e. The van der Waals surface area contributed by atoms with Crippen LogP contribution in [-0.2, 0) is 20.1 Å². The molecule has 0 aliphatic rings. The minimum Gasteiger partial charge on any atom is -0.326 e. The molecule has 0 fully saturated rings. The topological polar surface area (TPSA) is 65.8 Å². The van der Waals surface area contributed by atoms with Crippen molar-refractivity contribution >= 4 is 10.9 Å². The maximum atomic E-state index is 12.6. The van der Waals surface area contributed by atoms with Gasteiger partial charge >= 0.3 is 0 Å². The van der Waals surface area contributed by atoms with Crippen LogP contribution in [0.2, 0.25) is 0 Å². The van der Waals surface area contributed by atoms with Crippen LogP contribution in [0.1, 0.15) is 17.0 Å². The molecule has 2 heterocycles. The van der Waals surface area contributed by atoms with E-state index in [0.29, 0.717) is 12.1 Å². The molecule has 0 saturated carbocycles. The van der Waals surface area contributed by atoms with Crippen LogP contribution in [0, 0.1) is 6.92 Å². The summed E-state index contributed by atoms with van der Waals surface area (Å²) in [6, 6.07) is 11.7. The van der Waals surface area contributed by atoms with Crippen LogP contribution in [0.15, 0.2) is 41.2 Å². The standard InChI is InChI=1S/C16H18N4O/c1-11-7-14(19(2)18-11)10-20-15-6-4-3-5-12(15)8-13(9-17)16(20)21/h3-8H,9-10,17H2,1-2H3. The molecular formula is C16H18N4O. The minimum atomic E-state index is -0.0324. The third-order valence-corrected chi connectivity index (χ3v) is 3.72. The second-order valence-electron chi connectivity index (χ2n) is 5.22. The Kier molecular flexibility index (Phi) is 3.35. The van der Waals surface area contributed by atoms with Gasteiger partial charge in [-0.05, 0) is 30.5 Å². The molecule has 3 rings (SSSR count). The van der Waals surface area contributed by atoms with Gasteiger partial charge in [0.15, 0.2) is 0 Å². The van der Waals surface area contributed by atoms with Crippen molar-refractivity contribution in [2.45, 2.75) is 20.0 Å². The first-order valence-electron chi connectivity index (χ1n) is 6.91. The van der Waals surface area contributed by atoms with Gasteiger partial charge in [0.2, 0.25) is 0 Å². The fourth-order valence-corrected chi connectivity index (χ4v) is 2.67. The van der Waals surface area contributed by atoms with Gasteiger partial charge in [0.1, 0.15) is 0 Å². The van der Waals surface area contributed by atoms with Crippen molar-refractivity contribution in [2.75, 3.05) is 0 Å². The summed E-state index contributed by atoms with van der Waals surface area (Å²) in [4.78, 5) is 12.6. The SMILES string of the molecule is Cc1cc(Cn2c(=O)c(CN)cc3ccccc32)n(C)n1. The molecule has 0 aliphatic carbocycles. The Morgan fingerprint density at radius 1 is 1.24 bits per heavy atom. The quantitative estimate of drug-likeness (QED) is 0.792. The van der Waals surface area contributed by atoms with Gasteiger partial charge < -0.3 is 10.3 Å². The lowest BCUT2D eigenvalue weighted by Crippen LogP contribution is -2.26. The molecule has 21 heavy (non-hydrogen) atoms. The van der Waals surface area contributed by atoms with E-state index in [-0.39, 0.29) is 12.1 Å². The number of hydrogen-bond donors (Lipinski definition) is 1. The van der Waals surface area contributed by atoms with Crippen LogP contribution in [0.3, 0.4) is 0 Å². The lowest BCUT2D eigenvalue weighted by molar-refractivity contribution is 0.660. The van der Waals surface area contributed by atoms with E-state index >= 15 is 0 Å².